The molecule has 0 aliphatic rings. The SMILES string of the molecule is CSc1sc(C(=N)N)cc1C(=O)NCC(=O)c1ccccc1. The minimum atomic E-state index is -0.336. The fourth-order valence-electron chi connectivity index (χ4n) is 1.80. The third kappa shape index (κ3) is 3.75. The van der Waals surface area contributed by atoms with E-state index in [0.717, 1.165) is 4.21 Å². The fourth-order valence-corrected chi connectivity index (χ4v) is 3.52. The number of carbonyl (C=O) groups is 2. The van der Waals surface area contributed by atoms with Crippen LogP contribution in [0.1, 0.15) is 25.6 Å². The summed E-state index contributed by atoms with van der Waals surface area (Å²) in [6.07, 6.45) is 1.85. The van der Waals surface area contributed by atoms with Crippen LogP contribution in [-0.2, 0) is 0 Å². The average Bonchev–Trinajstić information content (AvgIpc) is 2.97. The maximum Gasteiger partial charge on any atom is 0.253 e. The van der Waals surface area contributed by atoms with Crippen LogP contribution in [-0.4, -0.2) is 30.3 Å². The van der Waals surface area contributed by atoms with Gasteiger partial charge in [0.25, 0.3) is 5.91 Å². The number of amidine groups is 1. The minimum Gasteiger partial charge on any atom is -0.383 e. The molecule has 0 fully saturated rings. The molecule has 1 aromatic heterocycles. The van der Waals surface area contributed by atoms with Crippen LogP contribution in [0, 0.1) is 5.41 Å². The highest BCUT2D eigenvalue weighted by Crippen LogP contribution is 2.30. The minimum absolute atomic E-state index is 0.0675. The maximum absolute atomic E-state index is 12.2. The third-order valence-electron chi connectivity index (χ3n) is 2.90. The fraction of sp³-hybridized carbons (Fsp3) is 0.133. The van der Waals surface area contributed by atoms with Crippen molar-refractivity contribution in [3.8, 4) is 0 Å². The molecule has 1 aromatic carbocycles. The van der Waals surface area contributed by atoms with Crippen LogP contribution in [0.3, 0.4) is 0 Å². The van der Waals surface area contributed by atoms with Crippen LogP contribution in [0.15, 0.2) is 40.6 Å². The monoisotopic (exact) mass is 333 g/mol. The van der Waals surface area contributed by atoms with Crippen LogP contribution in [0.4, 0.5) is 0 Å². The summed E-state index contributed by atoms with van der Waals surface area (Å²) in [5.41, 5.74) is 6.45. The van der Waals surface area contributed by atoms with Crippen molar-refractivity contribution in [2.75, 3.05) is 12.8 Å². The van der Waals surface area contributed by atoms with E-state index in [4.69, 9.17) is 11.1 Å². The Hall–Kier alpha value is -2.12. The van der Waals surface area contributed by atoms with Crippen molar-refractivity contribution in [2.24, 2.45) is 5.73 Å². The van der Waals surface area contributed by atoms with Gasteiger partial charge < -0.3 is 11.1 Å². The van der Waals surface area contributed by atoms with Gasteiger partial charge in [0.05, 0.1) is 21.2 Å². The Morgan fingerprint density at radius 2 is 2.00 bits per heavy atom. The zero-order chi connectivity index (χ0) is 16.1. The molecule has 0 aliphatic carbocycles. The Morgan fingerprint density at radius 3 is 2.59 bits per heavy atom. The molecule has 22 heavy (non-hydrogen) atoms. The summed E-state index contributed by atoms with van der Waals surface area (Å²) in [5.74, 6) is -0.557. The first kappa shape index (κ1) is 16.3. The Balaban J connectivity index is 2.06. The number of hydrogen-bond acceptors (Lipinski definition) is 5. The summed E-state index contributed by atoms with van der Waals surface area (Å²) < 4.78 is 0.773. The molecule has 2 rings (SSSR count). The number of hydrogen-bond donors (Lipinski definition) is 3. The van der Waals surface area contributed by atoms with Crippen molar-refractivity contribution < 1.29 is 9.59 Å². The van der Waals surface area contributed by atoms with E-state index in [1.165, 1.54) is 23.1 Å². The molecule has 0 bridgehead atoms. The summed E-state index contributed by atoms with van der Waals surface area (Å²) in [5, 5.41) is 10.1. The number of ketones is 1. The standard InChI is InChI=1S/C15H15N3O2S2/c1-21-15-10(7-12(22-15)13(16)17)14(20)18-8-11(19)9-5-3-2-4-6-9/h2-7H,8H2,1H3,(H3,16,17)(H,18,20). The molecule has 0 radical (unpaired) electrons. The molecule has 7 heteroatoms. The van der Waals surface area contributed by atoms with Gasteiger partial charge in [-0.05, 0) is 12.3 Å². The predicted octanol–water partition coefficient (Wildman–Crippen LogP) is 2.37. The quantitative estimate of drug-likeness (QED) is 0.327. The number of thiophene rings is 1. The molecule has 1 heterocycles. The average molecular weight is 333 g/mol. The molecule has 0 saturated heterocycles. The highest BCUT2D eigenvalue weighted by atomic mass is 32.2. The summed E-state index contributed by atoms with van der Waals surface area (Å²) in [6, 6.07) is 10.4. The van der Waals surface area contributed by atoms with Crippen molar-refractivity contribution >= 4 is 40.6 Å². The number of nitrogens with one attached hydrogen (secondary N) is 2. The van der Waals surface area contributed by atoms with Gasteiger partial charge in [-0.15, -0.1) is 23.1 Å². The Labute approximate surface area is 136 Å². The number of rotatable bonds is 6. The second kappa shape index (κ2) is 7.24. The topological polar surface area (TPSA) is 96.0 Å². The van der Waals surface area contributed by atoms with Gasteiger partial charge in [-0.2, -0.15) is 0 Å². The van der Waals surface area contributed by atoms with E-state index in [2.05, 4.69) is 5.32 Å². The molecule has 0 saturated carbocycles. The molecule has 2 aromatic rings. The van der Waals surface area contributed by atoms with Crippen molar-refractivity contribution in [1.82, 2.24) is 5.32 Å². The van der Waals surface area contributed by atoms with Crippen molar-refractivity contribution in [1.29, 1.82) is 5.41 Å². The molecule has 0 atom stereocenters. The van der Waals surface area contributed by atoms with E-state index in [9.17, 15) is 9.59 Å². The molecular formula is C15H15N3O2S2. The smallest absolute Gasteiger partial charge is 0.253 e. The Bertz CT molecular complexity index is 711. The molecule has 1 amide bonds. The maximum atomic E-state index is 12.2. The lowest BCUT2D eigenvalue weighted by Gasteiger charge is -2.04. The van der Waals surface area contributed by atoms with Crippen LogP contribution < -0.4 is 11.1 Å². The molecule has 0 unspecified atom stereocenters. The Morgan fingerprint density at radius 1 is 1.32 bits per heavy atom. The molecule has 114 valence electrons. The Kier molecular flexibility index (Phi) is 5.35. The number of benzene rings is 1. The first-order chi connectivity index (χ1) is 10.5. The van der Waals surface area contributed by atoms with Crippen LogP contribution in [0.5, 0.6) is 0 Å². The molecular weight excluding hydrogens is 318 g/mol. The summed E-state index contributed by atoms with van der Waals surface area (Å²) in [7, 11) is 0. The third-order valence-corrected chi connectivity index (χ3v) is 5.20. The summed E-state index contributed by atoms with van der Waals surface area (Å²) >= 11 is 2.71. The van der Waals surface area contributed by atoms with Gasteiger partial charge in [0.15, 0.2) is 5.78 Å². The molecule has 0 aliphatic heterocycles. The van der Waals surface area contributed by atoms with Gasteiger partial charge in [-0.1, -0.05) is 30.3 Å². The van der Waals surface area contributed by atoms with E-state index >= 15 is 0 Å². The van der Waals surface area contributed by atoms with Gasteiger partial charge in [0, 0.05) is 5.56 Å². The second-order valence-electron chi connectivity index (χ2n) is 4.40. The van der Waals surface area contributed by atoms with Crippen molar-refractivity contribution in [3.63, 3.8) is 0 Å². The van der Waals surface area contributed by atoms with E-state index < -0.39 is 0 Å². The highest BCUT2D eigenvalue weighted by molar-refractivity contribution is 8.00. The summed E-state index contributed by atoms with van der Waals surface area (Å²) in [6.45, 7) is -0.0675. The predicted molar refractivity (Wildman–Crippen MR) is 90.2 cm³/mol. The first-order valence-corrected chi connectivity index (χ1v) is 8.45. The summed E-state index contributed by atoms with van der Waals surface area (Å²) in [4.78, 5) is 24.7. The van der Waals surface area contributed by atoms with Crippen LogP contribution >= 0.6 is 23.1 Å². The molecule has 0 spiro atoms. The lowest BCUT2D eigenvalue weighted by atomic mass is 10.1. The van der Waals surface area contributed by atoms with Gasteiger partial charge in [0.1, 0.15) is 5.84 Å². The van der Waals surface area contributed by atoms with E-state index in [-0.39, 0.29) is 24.1 Å². The first-order valence-electron chi connectivity index (χ1n) is 6.41. The van der Waals surface area contributed by atoms with Crippen LogP contribution in [0.25, 0.3) is 0 Å². The lowest BCUT2D eigenvalue weighted by molar-refractivity contribution is 0.0902. The van der Waals surface area contributed by atoms with E-state index in [1.807, 2.05) is 12.3 Å². The number of amides is 1. The van der Waals surface area contributed by atoms with Crippen molar-refractivity contribution in [3.05, 3.63) is 52.4 Å². The normalized spacial score (nSPS) is 10.2. The largest absolute Gasteiger partial charge is 0.383 e. The number of nitrogen functional groups attached to an aromatic ring is 1. The van der Waals surface area contributed by atoms with E-state index in [0.29, 0.717) is 16.0 Å². The number of nitrogens with two attached hydrogens (primary N) is 1. The van der Waals surface area contributed by atoms with E-state index in [1.54, 1.807) is 30.3 Å². The lowest BCUT2D eigenvalue weighted by Crippen LogP contribution is -2.29. The van der Waals surface area contributed by atoms with Gasteiger partial charge in [-0.3, -0.25) is 15.0 Å². The number of thioether (sulfide) groups is 1. The number of carbonyl (C=O) groups excluding carboxylic acids is 2. The van der Waals surface area contributed by atoms with Gasteiger partial charge in [0.2, 0.25) is 0 Å². The zero-order valence-electron chi connectivity index (χ0n) is 11.9. The van der Waals surface area contributed by atoms with Crippen molar-refractivity contribution in [2.45, 2.75) is 4.21 Å². The van der Waals surface area contributed by atoms with Crippen LogP contribution in [0.2, 0.25) is 0 Å². The molecule has 5 nitrogen and oxygen atoms in total. The van der Waals surface area contributed by atoms with Gasteiger partial charge in [-0.25, -0.2) is 0 Å². The second-order valence-corrected chi connectivity index (χ2v) is 6.53. The zero-order valence-corrected chi connectivity index (χ0v) is 13.5. The molecule has 4 N–H and O–H groups in total. The highest BCUT2D eigenvalue weighted by Gasteiger charge is 2.17. The van der Waals surface area contributed by atoms with Gasteiger partial charge >= 0.3 is 0 Å². The number of Topliss-reactive ketones (excluding diaryl/α,β-unsaturated/α-hetero) is 1.